The Labute approximate surface area is 106 Å². The number of nitrogens with one attached hydrogen (secondary N) is 1. The third kappa shape index (κ3) is 2.76. The lowest BCUT2D eigenvalue weighted by atomic mass is 9.95. The highest BCUT2D eigenvalue weighted by Gasteiger charge is 2.34. The van der Waals surface area contributed by atoms with Crippen molar-refractivity contribution in [1.29, 1.82) is 0 Å². The molecule has 2 atom stereocenters. The summed E-state index contributed by atoms with van der Waals surface area (Å²) in [5.74, 6) is -0.308. The fourth-order valence-electron chi connectivity index (χ4n) is 2.20. The molecular formula is C14H17NO3. The predicted octanol–water partition coefficient (Wildman–Crippen LogP) is 1.41. The van der Waals surface area contributed by atoms with Crippen LogP contribution in [0.4, 0.5) is 0 Å². The number of esters is 1. The molecule has 0 bridgehead atoms. The topological polar surface area (TPSA) is 55.4 Å². The molecule has 1 fully saturated rings. The Hall–Kier alpha value is -1.68. The highest BCUT2D eigenvalue weighted by Crippen LogP contribution is 2.20. The van der Waals surface area contributed by atoms with Crippen molar-refractivity contribution in [3.05, 3.63) is 35.9 Å². The van der Waals surface area contributed by atoms with Crippen molar-refractivity contribution in [3.63, 3.8) is 0 Å². The van der Waals surface area contributed by atoms with Gasteiger partial charge in [0.2, 0.25) is 0 Å². The molecular weight excluding hydrogens is 230 g/mol. The van der Waals surface area contributed by atoms with Crippen LogP contribution in [-0.2, 0) is 9.53 Å². The van der Waals surface area contributed by atoms with E-state index in [-0.39, 0.29) is 23.7 Å². The van der Waals surface area contributed by atoms with Gasteiger partial charge in [0.05, 0.1) is 6.61 Å². The Bertz CT molecular complexity index is 430. The van der Waals surface area contributed by atoms with Crippen LogP contribution in [0.1, 0.15) is 23.7 Å². The Kier molecular flexibility index (Phi) is 4.10. The summed E-state index contributed by atoms with van der Waals surface area (Å²) in [4.78, 5) is 23.7. The van der Waals surface area contributed by atoms with Crippen molar-refractivity contribution < 1.29 is 14.3 Å². The Balaban J connectivity index is 1.97. The van der Waals surface area contributed by atoms with Gasteiger partial charge < -0.3 is 10.1 Å². The molecule has 1 aliphatic rings. The first kappa shape index (κ1) is 12.8. The maximum Gasteiger partial charge on any atom is 0.323 e. The van der Waals surface area contributed by atoms with Crippen molar-refractivity contribution in [3.8, 4) is 0 Å². The number of ketones is 1. The van der Waals surface area contributed by atoms with Gasteiger partial charge in [-0.1, -0.05) is 30.3 Å². The zero-order valence-corrected chi connectivity index (χ0v) is 10.4. The fraction of sp³-hybridized carbons (Fsp3) is 0.429. The van der Waals surface area contributed by atoms with Crippen molar-refractivity contribution in [2.75, 3.05) is 13.2 Å². The van der Waals surface area contributed by atoms with Crippen LogP contribution in [0.25, 0.3) is 0 Å². The highest BCUT2D eigenvalue weighted by molar-refractivity contribution is 5.98. The minimum absolute atomic E-state index is 0.0925. The molecule has 0 aliphatic carbocycles. The van der Waals surface area contributed by atoms with Gasteiger partial charge in [0.15, 0.2) is 5.78 Å². The van der Waals surface area contributed by atoms with Crippen LogP contribution >= 0.6 is 0 Å². The molecule has 18 heavy (non-hydrogen) atoms. The summed E-state index contributed by atoms with van der Waals surface area (Å²) in [6, 6.07) is 8.84. The quantitative estimate of drug-likeness (QED) is 0.645. The van der Waals surface area contributed by atoms with Gasteiger partial charge in [-0.2, -0.15) is 0 Å². The van der Waals surface area contributed by atoms with Gasteiger partial charge in [-0.15, -0.1) is 0 Å². The molecule has 4 heteroatoms. The monoisotopic (exact) mass is 247 g/mol. The number of benzene rings is 1. The third-order valence-electron chi connectivity index (χ3n) is 3.13. The summed E-state index contributed by atoms with van der Waals surface area (Å²) < 4.78 is 4.95. The second-order valence-corrected chi connectivity index (χ2v) is 4.38. The van der Waals surface area contributed by atoms with Crippen LogP contribution in [0.15, 0.2) is 30.3 Å². The first-order valence-corrected chi connectivity index (χ1v) is 6.21. The molecule has 2 rings (SSSR count). The van der Waals surface area contributed by atoms with Crippen molar-refractivity contribution in [2.24, 2.45) is 5.92 Å². The molecule has 0 radical (unpaired) electrons. The van der Waals surface area contributed by atoms with Crippen LogP contribution in [-0.4, -0.2) is 30.9 Å². The number of hydrogen-bond donors (Lipinski definition) is 1. The van der Waals surface area contributed by atoms with Crippen LogP contribution in [0.3, 0.4) is 0 Å². The fourth-order valence-corrected chi connectivity index (χ4v) is 2.20. The molecule has 0 aromatic heterocycles. The van der Waals surface area contributed by atoms with E-state index in [0.717, 1.165) is 0 Å². The maximum absolute atomic E-state index is 12.2. The Morgan fingerprint density at radius 2 is 2.06 bits per heavy atom. The van der Waals surface area contributed by atoms with E-state index in [1.165, 1.54) is 0 Å². The summed E-state index contributed by atoms with van der Waals surface area (Å²) in [6.45, 7) is 2.69. The zero-order chi connectivity index (χ0) is 13.0. The van der Waals surface area contributed by atoms with Crippen molar-refractivity contribution in [2.45, 2.75) is 19.4 Å². The first-order valence-electron chi connectivity index (χ1n) is 6.21. The predicted molar refractivity (Wildman–Crippen MR) is 67.3 cm³/mol. The lowest BCUT2D eigenvalue weighted by Gasteiger charge is -2.09. The van der Waals surface area contributed by atoms with E-state index in [0.29, 0.717) is 25.1 Å². The number of carbonyl (C=O) groups is 2. The number of Topliss-reactive ketones (excluding diaryl/α,β-unsaturated/α-hetero) is 1. The minimum Gasteiger partial charge on any atom is -0.465 e. The van der Waals surface area contributed by atoms with E-state index in [1.54, 1.807) is 19.1 Å². The normalized spacial score (nSPS) is 22.7. The Morgan fingerprint density at radius 1 is 1.33 bits per heavy atom. The highest BCUT2D eigenvalue weighted by atomic mass is 16.5. The summed E-state index contributed by atoms with van der Waals surface area (Å²) >= 11 is 0. The molecule has 2 unspecified atom stereocenters. The molecule has 1 N–H and O–H groups in total. The van der Waals surface area contributed by atoms with Gasteiger partial charge in [0, 0.05) is 18.0 Å². The average Bonchev–Trinajstić information content (AvgIpc) is 2.89. The van der Waals surface area contributed by atoms with Crippen LogP contribution in [0.2, 0.25) is 0 Å². The molecule has 96 valence electrons. The molecule has 1 aromatic carbocycles. The SMILES string of the molecule is CCOC(=O)C1CC(C(=O)c2ccccc2)CN1. The van der Waals surface area contributed by atoms with E-state index in [9.17, 15) is 9.59 Å². The second kappa shape index (κ2) is 5.78. The lowest BCUT2D eigenvalue weighted by molar-refractivity contribution is -0.145. The summed E-state index contributed by atoms with van der Waals surface area (Å²) in [5, 5.41) is 3.05. The molecule has 0 spiro atoms. The number of carbonyl (C=O) groups excluding carboxylic acids is 2. The molecule has 4 nitrogen and oxygen atoms in total. The minimum atomic E-state index is -0.345. The van der Waals surface area contributed by atoms with Crippen LogP contribution in [0.5, 0.6) is 0 Å². The van der Waals surface area contributed by atoms with Crippen LogP contribution < -0.4 is 5.32 Å². The number of rotatable bonds is 4. The molecule has 1 aromatic rings. The second-order valence-electron chi connectivity index (χ2n) is 4.38. The smallest absolute Gasteiger partial charge is 0.323 e. The lowest BCUT2D eigenvalue weighted by Crippen LogP contribution is -2.32. The molecule has 1 heterocycles. The summed E-state index contributed by atoms with van der Waals surface area (Å²) in [7, 11) is 0. The van der Waals surface area contributed by atoms with Crippen molar-refractivity contribution in [1.82, 2.24) is 5.32 Å². The number of hydrogen-bond acceptors (Lipinski definition) is 4. The maximum atomic E-state index is 12.2. The van der Waals surface area contributed by atoms with Gasteiger partial charge in [0.1, 0.15) is 6.04 Å². The average molecular weight is 247 g/mol. The van der Waals surface area contributed by atoms with Gasteiger partial charge in [-0.25, -0.2) is 0 Å². The van der Waals surface area contributed by atoms with E-state index < -0.39 is 0 Å². The zero-order valence-electron chi connectivity index (χ0n) is 10.4. The van der Waals surface area contributed by atoms with E-state index >= 15 is 0 Å². The van der Waals surface area contributed by atoms with Gasteiger partial charge in [-0.3, -0.25) is 9.59 Å². The van der Waals surface area contributed by atoms with Crippen LogP contribution in [0, 0.1) is 5.92 Å². The molecule has 0 amide bonds. The van der Waals surface area contributed by atoms with E-state index in [2.05, 4.69) is 5.32 Å². The summed E-state index contributed by atoms with van der Waals surface area (Å²) in [5.41, 5.74) is 0.703. The third-order valence-corrected chi connectivity index (χ3v) is 3.13. The van der Waals surface area contributed by atoms with E-state index in [1.807, 2.05) is 18.2 Å². The summed E-state index contributed by atoms with van der Waals surface area (Å²) in [6.07, 6.45) is 0.520. The molecule has 0 saturated carbocycles. The Morgan fingerprint density at radius 3 is 2.72 bits per heavy atom. The standard InChI is InChI=1S/C14H17NO3/c1-2-18-14(17)12-8-11(9-15-12)13(16)10-6-4-3-5-7-10/h3-7,11-12,15H,2,8-9H2,1H3. The van der Waals surface area contributed by atoms with Gasteiger partial charge >= 0.3 is 5.97 Å². The first-order chi connectivity index (χ1) is 8.72. The molecule has 1 aliphatic heterocycles. The number of ether oxygens (including phenoxy) is 1. The van der Waals surface area contributed by atoms with E-state index in [4.69, 9.17) is 4.74 Å². The van der Waals surface area contributed by atoms with Gasteiger partial charge in [0.25, 0.3) is 0 Å². The largest absolute Gasteiger partial charge is 0.465 e. The van der Waals surface area contributed by atoms with Crippen molar-refractivity contribution >= 4 is 11.8 Å². The molecule has 1 saturated heterocycles. The van der Waals surface area contributed by atoms with Gasteiger partial charge in [-0.05, 0) is 13.3 Å².